The first-order chi connectivity index (χ1) is 15.1. The van der Waals surface area contributed by atoms with Crippen molar-refractivity contribution in [3.05, 3.63) is 65.2 Å². The van der Waals surface area contributed by atoms with Gasteiger partial charge in [-0.25, -0.2) is 4.98 Å². The number of pyridine rings is 1. The molecule has 1 aliphatic rings. The Balaban J connectivity index is 1.47. The van der Waals surface area contributed by atoms with Crippen LogP contribution in [0.4, 0.5) is 11.5 Å². The Bertz CT molecular complexity index is 1060. The summed E-state index contributed by atoms with van der Waals surface area (Å²) in [6.45, 7) is 9.68. The van der Waals surface area contributed by atoms with Crippen molar-refractivity contribution in [1.82, 2.24) is 10.3 Å². The number of carbonyl (C=O) groups is 1. The van der Waals surface area contributed by atoms with Gasteiger partial charge in [0.15, 0.2) is 0 Å². The number of hydrogen-bond donors (Lipinski definition) is 3. The van der Waals surface area contributed by atoms with Crippen molar-refractivity contribution in [2.75, 3.05) is 44.7 Å². The van der Waals surface area contributed by atoms with Gasteiger partial charge in [0.25, 0.3) is 5.91 Å². The molecule has 0 saturated carbocycles. The Morgan fingerprint density at radius 1 is 1.06 bits per heavy atom. The minimum Gasteiger partial charge on any atom is -0.370 e. The molecule has 1 aromatic heterocycles. The summed E-state index contributed by atoms with van der Waals surface area (Å²) >= 11 is 0. The second kappa shape index (κ2) is 9.90. The normalized spacial score (nSPS) is 14.5. The fraction of sp³-hybridized carbons (Fsp3) is 0.360. The van der Waals surface area contributed by atoms with Gasteiger partial charge in [-0.1, -0.05) is 24.3 Å². The van der Waals surface area contributed by atoms with Gasteiger partial charge >= 0.3 is 0 Å². The number of anilines is 2. The SMILES string of the molecule is Cc1ccc(Nc2cc(C(=O)NCCC[NH+]3CCOCC3)c3ccccc3n2)cc1C. The van der Waals surface area contributed by atoms with E-state index >= 15 is 0 Å². The van der Waals surface area contributed by atoms with Crippen molar-refractivity contribution in [2.24, 2.45) is 0 Å². The largest absolute Gasteiger partial charge is 0.370 e. The van der Waals surface area contributed by atoms with E-state index in [4.69, 9.17) is 9.72 Å². The average molecular weight is 420 g/mol. The maximum absolute atomic E-state index is 13.0. The lowest BCUT2D eigenvalue weighted by molar-refractivity contribution is -0.908. The van der Waals surface area contributed by atoms with Gasteiger partial charge < -0.3 is 20.3 Å². The molecule has 1 saturated heterocycles. The van der Waals surface area contributed by atoms with Gasteiger partial charge in [-0.15, -0.1) is 0 Å². The Kier molecular flexibility index (Phi) is 6.79. The summed E-state index contributed by atoms with van der Waals surface area (Å²) in [5, 5.41) is 7.33. The number of hydrogen-bond acceptors (Lipinski definition) is 4. The molecule has 4 rings (SSSR count). The van der Waals surface area contributed by atoms with Crippen LogP contribution in [0.5, 0.6) is 0 Å². The third-order valence-corrected chi connectivity index (χ3v) is 5.93. The highest BCUT2D eigenvalue weighted by molar-refractivity contribution is 6.07. The van der Waals surface area contributed by atoms with Crippen LogP contribution in [0.3, 0.4) is 0 Å². The second-order valence-electron chi connectivity index (χ2n) is 8.22. The zero-order chi connectivity index (χ0) is 21.6. The van der Waals surface area contributed by atoms with Crippen LogP contribution in [0.1, 0.15) is 27.9 Å². The van der Waals surface area contributed by atoms with E-state index in [1.807, 2.05) is 36.4 Å². The van der Waals surface area contributed by atoms with E-state index in [0.29, 0.717) is 17.9 Å². The lowest BCUT2D eigenvalue weighted by atomic mass is 10.1. The first kappa shape index (κ1) is 21.3. The van der Waals surface area contributed by atoms with Gasteiger partial charge in [0, 0.05) is 24.0 Å². The predicted molar refractivity (Wildman–Crippen MR) is 124 cm³/mol. The van der Waals surface area contributed by atoms with Gasteiger partial charge in [0.05, 0.1) is 30.8 Å². The zero-order valence-electron chi connectivity index (χ0n) is 18.3. The first-order valence-corrected chi connectivity index (χ1v) is 11.0. The highest BCUT2D eigenvalue weighted by atomic mass is 16.5. The van der Waals surface area contributed by atoms with Crippen molar-refractivity contribution in [3.8, 4) is 0 Å². The van der Waals surface area contributed by atoms with Gasteiger partial charge in [-0.05, 0) is 49.2 Å². The quantitative estimate of drug-likeness (QED) is 0.515. The molecule has 2 aromatic carbocycles. The van der Waals surface area contributed by atoms with E-state index < -0.39 is 0 Å². The number of quaternary nitrogens is 1. The number of morpholine rings is 1. The summed E-state index contributed by atoms with van der Waals surface area (Å²) in [4.78, 5) is 19.3. The van der Waals surface area contributed by atoms with Crippen molar-refractivity contribution < 1.29 is 14.4 Å². The number of aryl methyl sites for hydroxylation is 2. The van der Waals surface area contributed by atoms with Crippen LogP contribution < -0.4 is 15.5 Å². The molecule has 0 atom stereocenters. The van der Waals surface area contributed by atoms with Gasteiger partial charge in [-0.2, -0.15) is 0 Å². The summed E-state index contributed by atoms with van der Waals surface area (Å²) in [5.41, 5.74) is 4.88. The highest BCUT2D eigenvalue weighted by Gasteiger charge is 2.15. The number of para-hydroxylation sites is 1. The predicted octanol–water partition coefficient (Wildman–Crippen LogP) is 2.63. The van der Waals surface area contributed by atoms with E-state index in [0.717, 1.165) is 55.9 Å². The summed E-state index contributed by atoms with van der Waals surface area (Å²) < 4.78 is 5.41. The maximum atomic E-state index is 13.0. The molecule has 6 heteroatoms. The number of benzene rings is 2. The number of aromatic nitrogens is 1. The van der Waals surface area contributed by atoms with E-state index in [-0.39, 0.29) is 5.91 Å². The number of nitrogens with one attached hydrogen (secondary N) is 3. The molecule has 162 valence electrons. The lowest BCUT2D eigenvalue weighted by Crippen LogP contribution is -3.14. The Morgan fingerprint density at radius 2 is 1.87 bits per heavy atom. The Morgan fingerprint density at radius 3 is 2.68 bits per heavy atom. The molecule has 3 N–H and O–H groups in total. The Labute approximate surface area is 183 Å². The summed E-state index contributed by atoms with van der Waals surface area (Å²) in [6.07, 6.45) is 0.956. The molecule has 6 nitrogen and oxygen atoms in total. The van der Waals surface area contributed by atoms with Crippen LogP contribution in [-0.4, -0.2) is 50.3 Å². The van der Waals surface area contributed by atoms with Crippen LogP contribution in [0.25, 0.3) is 10.9 Å². The van der Waals surface area contributed by atoms with Crippen LogP contribution >= 0.6 is 0 Å². The van der Waals surface area contributed by atoms with Gasteiger partial charge in [0.2, 0.25) is 0 Å². The molecule has 1 fully saturated rings. The highest BCUT2D eigenvalue weighted by Crippen LogP contribution is 2.24. The molecule has 0 unspecified atom stereocenters. The van der Waals surface area contributed by atoms with Crippen LogP contribution in [0.15, 0.2) is 48.5 Å². The van der Waals surface area contributed by atoms with E-state index in [1.165, 1.54) is 11.1 Å². The standard InChI is InChI=1S/C25H30N4O2/c1-18-8-9-20(16-19(18)2)27-24-17-22(21-6-3-4-7-23(21)28-24)25(30)26-10-5-11-29-12-14-31-15-13-29/h3-4,6-9,16-17H,5,10-15H2,1-2H3,(H,26,30)(H,27,28)/p+1. The van der Waals surface area contributed by atoms with E-state index in [1.54, 1.807) is 4.90 Å². The van der Waals surface area contributed by atoms with E-state index in [2.05, 4.69) is 36.6 Å². The third-order valence-electron chi connectivity index (χ3n) is 5.93. The molecule has 1 amide bonds. The number of amides is 1. The molecule has 0 aliphatic carbocycles. The van der Waals surface area contributed by atoms with Crippen molar-refractivity contribution >= 4 is 28.3 Å². The van der Waals surface area contributed by atoms with Gasteiger partial charge in [-0.3, -0.25) is 4.79 Å². The molecule has 3 aromatic rings. The smallest absolute Gasteiger partial charge is 0.252 e. The minimum absolute atomic E-state index is 0.0567. The topological polar surface area (TPSA) is 67.7 Å². The number of nitrogens with zero attached hydrogens (tertiary/aromatic N) is 1. The molecule has 0 bridgehead atoms. The second-order valence-corrected chi connectivity index (χ2v) is 8.22. The minimum atomic E-state index is -0.0567. The summed E-state index contributed by atoms with van der Waals surface area (Å²) in [6, 6.07) is 15.9. The van der Waals surface area contributed by atoms with Crippen LogP contribution in [0, 0.1) is 13.8 Å². The number of carbonyl (C=O) groups excluding carboxylic acids is 1. The molecule has 31 heavy (non-hydrogen) atoms. The van der Waals surface area contributed by atoms with Crippen molar-refractivity contribution in [3.63, 3.8) is 0 Å². The van der Waals surface area contributed by atoms with E-state index in [9.17, 15) is 4.79 Å². The molecular formula is C25H31N4O2+. The maximum Gasteiger partial charge on any atom is 0.252 e. The molecule has 0 spiro atoms. The lowest BCUT2D eigenvalue weighted by Gasteiger charge is -2.23. The van der Waals surface area contributed by atoms with Crippen LogP contribution in [-0.2, 0) is 4.74 Å². The van der Waals surface area contributed by atoms with Crippen LogP contribution in [0.2, 0.25) is 0 Å². The monoisotopic (exact) mass is 419 g/mol. The number of rotatable bonds is 7. The fourth-order valence-corrected chi connectivity index (χ4v) is 3.94. The molecule has 1 aliphatic heterocycles. The first-order valence-electron chi connectivity index (χ1n) is 11.0. The molecule has 0 radical (unpaired) electrons. The summed E-state index contributed by atoms with van der Waals surface area (Å²) in [7, 11) is 0. The molecule has 2 heterocycles. The average Bonchev–Trinajstić information content (AvgIpc) is 2.79. The Hall–Kier alpha value is -2.96. The third kappa shape index (κ3) is 5.40. The number of ether oxygens (including phenoxy) is 1. The summed E-state index contributed by atoms with van der Waals surface area (Å²) in [5.74, 6) is 0.614. The number of fused-ring (bicyclic) bond motifs is 1. The van der Waals surface area contributed by atoms with Gasteiger partial charge in [0.1, 0.15) is 18.9 Å². The zero-order valence-corrected chi connectivity index (χ0v) is 18.3. The van der Waals surface area contributed by atoms with Crippen molar-refractivity contribution in [2.45, 2.75) is 20.3 Å². The fourth-order valence-electron chi connectivity index (χ4n) is 3.94. The van der Waals surface area contributed by atoms with Crippen molar-refractivity contribution in [1.29, 1.82) is 0 Å². The molecular weight excluding hydrogens is 388 g/mol.